The molecule has 0 spiro atoms. The Morgan fingerprint density at radius 1 is 1.36 bits per heavy atom. The first-order valence-electron chi connectivity index (χ1n) is 7.53. The van der Waals surface area contributed by atoms with Gasteiger partial charge in [0.25, 0.3) is 0 Å². The van der Waals surface area contributed by atoms with Gasteiger partial charge in [-0.3, -0.25) is 9.67 Å². The highest BCUT2D eigenvalue weighted by molar-refractivity contribution is 14.0. The third-order valence-corrected chi connectivity index (χ3v) is 3.43. The molecule has 1 aromatic heterocycles. The maximum absolute atomic E-state index is 4.27. The minimum absolute atomic E-state index is 0. The summed E-state index contributed by atoms with van der Waals surface area (Å²) < 4.78 is 1.83. The number of aromatic nitrogens is 2. The van der Waals surface area contributed by atoms with Crippen LogP contribution in [0.3, 0.4) is 0 Å². The van der Waals surface area contributed by atoms with Crippen molar-refractivity contribution in [3.63, 3.8) is 0 Å². The zero-order valence-corrected chi connectivity index (χ0v) is 17.0. The number of rotatable bonds is 7. The van der Waals surface area contributed by atoms with Crippen LogP contribution in [0.25, 0.3) is 0 Å². The largest absolute Gasteiger partial charge is 0.356 e. The van der Waals surface area contributed by atoms with Crippen LogP contribution in [0.2, 0.25) is 0 Å². The van der Waals surface area contributed by atoms with Crippen molar-refractivity contribution in [3.8, 4) is 0 Å². The van der Waals surface area contributed by atoms with Crippen molar-refractivity contribution < 1.29 is 0 Å². The molecule has 0 saturated heterocycles. The summed E-state index contributed by atoms with van der Waals surface area (Å²) in [5.74, 6) is 1.55. The summed E-state index contributed by atoms with van der Waals surface area (Å²) in [6.45, 7) is 6.18. The molecular formula is C15H31IN6. The standard InChI is InChI=1S/C15H30N6.HI/c1-12(2)7-8-17-15(16-3)18-10-14(20(4)5)13-9-19-21(6)11-13;/h9,11-12,14H,7-8,10H2,1-6H3,(H2,16,17,18);1H. The molecule has 1 heterocycles. The van der Waals surface area contributed by atoms with Crippen LogP contribution in [0.5, 0.6) is 0 Å². The minimum Gasteiger partial charge on any atom is -0.356 e. The third kappa shape index (κ3) is 7.44. The smallest absolute Gasteiger partial charge is 0.191 e. The van der Waals surface area contributed by atoms with E-state index in [4.69, 9.17) is 0 Å². The van der Waals surface area contributed by atoms with Gasteiger partial charge < -0.3 is 15.5 Å². The Labute approximate surface area is 151 Å². The Morgan fingerprint density at radius 2 is 2.05 bits per heavy atom. The second-order valence-electron chi connectivity index (χ2n) is 5.99. The number of guanidine groups is 1. The lowest BCUT2D eigenvalue weighted by Crippen LogP contribution is -2.42. The minimum atomic E-state index is 0. The number of aliphatic imine (C=N–C) groups is 1. The van der Waals surface area contributed by atoms with E-state index >= 15 is 0 Å². The van der Waals surface area contributed by atoms with Gasteiger partial charge in [-0.2, -0.15) is 5.10 Å². The molecule has 0 saturated carbocycles. The summed E-state index contributed by atoms with van der Waals surface area (Å²) in [4.78, 5) is 6.46. The first kappa shape index (κ1) is 21.2. The van der Waals surface area contributed by atoms with Crippen molar-refractivity contribution in [1.29, 1.82) is 0 Å². The molecule has 0 amide bonds. The summed E-state index contributed by atoms with van der Waals surface area (Å²) >= 11 is 0. The molecule has 1 aromatic rings. The van der Waals surface area contributed by atoms with E-state index in [0.29, 0.717) is 5.92 Å². The molecule has 22 heavy (non-hydrogen) atoms. The monoisotopic (exact) mass is 422 g/mol. The predicted octanol–water partition coefficient (Wildman–Crippen LogP) is 1.85. The van der Waals surface area contributed by atoms with Gasteiger partial charge in [-0.25, -0.2) is 0 Å². The fraction of sp³-hybridized carbons (Fsp3) is 0.733. The van der Waals surface area contributed by atoms with Gasteiger partial charge in [0.05, 0.1) is 12.2 Å². The molecule has 0 aliphatic heterocycles. The summed E-state index contributed by atoms with van der Waals surface area (Å²) in [5.41, 5.74) is 1.20. The Hall–Kier alpha value is -0.830. The van der Waals surface area contributed by atoms with Crippen LogP contribution in [0, 0.1) is 5.92 Å². The highest BCUT2D eigenvalue weighted by atomic mass is 127. The SMILES string of the molecule is CN=C(NCCC(C)C)NCC(c1cnn(C)c1)N(C)C.I. The van der Waals surface area contributed by atoms with Gasteiger partial charge in [0, 0.05) is 38.9 Å². The molecule has 1 atom stereocenters. The quantitative estimate of drug-likeness (QED) is 0.400. The molecule has 2 N–H and O–H groups in total. The molecule has 1 unspecified atom stereocenters. The number of likely N-dealkylation sites (N-methyl/N-ethyl adjacent to an activating group) is 1. The summed E-state index contributed by atoms with van der Waals surface area (Å²) in [7, 11) is 7.90. The molecular weight excluding hydrogens is 391 g/mol. The summed E-state index contributed by atoms with van der Waals surface area (Å²) in [6.07, 6.45) is 5.11. The Kier molecular flexibility index (Phi) is 10.4. The van der Waals surface area contributed by atoms with Crippen molar-refractivity contribution >= 4 is 29.9 Å². The van der Waals surface area contributed by atoms with Gasteiger partial charge in [0.1, 0.15) is 0 Å². The van der Waals surface area contributed by atoms with E-state index in [2.05, 4.69) is 59.8 Å². The topological polar surface area (TPSA) is 57.5 Å². The number of nitrogens with zero attached hydrogens (tertiary/aromatic N) is 4. The fourth-order valence-electron chi connectivity index (χ4n) is 2.10. The van der Waals surface area contributed by atoms with Gasteiger partial charge in [0.2, 0.25) is 0 Å². The lowest BCUT2D eigenvalue weighted by Gasteiger charge is -2.24. The van der Waals surface area contributed by atoms with Gasteiger partial charge in [0.15, 0.2) is 5.96 Å². The first-order valence-corrected chi connectivity index (χ1v) is 7.53. The zero-order valence-electron chi connectivity index (χ0n) is 14.6. The van der Waals surface area contributed by atoms with Gasteiger partial charge in [-0.15, -0.1) is 24.0 Å². The Balaban J connectivity index is 0.00000441. The molecule has 0 aromatic carbocycles. The van der Waals surface area contributed by atoms with Crippen LogP contribution in [0.15, 0.2) is 17.4 Å². The molecule has 0 aliphatic carbocycles. The maximum atomic E-state index is 4.27. The van der Waals surface area contributed by atoms with Gasteiger partial charge in [-0.1, -0.05) is 13.8 Å². The van der Waals surface area contributed by atoms with Crippen LogP contribution >= 0.6 is 24.0 Å². The Morgan fingerprint density at radius 3 is 2.50 bits per heavy atom. The van der Waals surface area contributed by atoms with Crippen LogP contribution in [-0.4, -0.2) is 54.9 Å². The molecule has 6 nitrogen and oxygen atoms in total. The van der Waals surface area contributed by atoms with Crippen molar-refractivity contribution in [2.45, 2.75) is 26.3 Å². The van der Waals surface area contributed by atoms with E-state index < -0.39 is 0 Å². The second kappa shape index (κ2) is 10.8. The van der Waals surface area contributed by atoms with Crippen molar-refractivity contribution in [1.82, 2.24) is 25.3 Å². The van der Waals surface area contributed by atoms with E-state index in [1.807, 2.05) is 17.9 Å². The maximum Gasteiger partial charge on any atom is 0.191 e. The van der Waals surface area contributed by atoms with Crippen molar-refractivity contribution in [2.24, 2.45) is 18.0 Å². The highest BCUT2D eigenvalue weighted by Gasteiger charge is 2.16. The molecule has 0 aliphatic rings. The molecule has 128 valence electrons. The average Bonchev–Trinajstić information content (AvgIpc) is 2.82. The van der Waals surface area contributed by atoms with Crippen LogP contribution in [0.4, 0.5) is 0 Å². The Bertz CT molecular complexity index is 441. The zero-order chi connectivity index (χ0) is 15.8. The molecule has 0 bridgehead atoms. The van der Waals surface area contributed by atoms with Gasteiger partial charge in [-0.05, 0) is 26.4 Å². The lowest BCUT2D eigenvalue weighted by molar-refractivity contribution is 0.298. The molecule has 0 radical (unpaired) electrons. The molecule has 0 fully saturated rings. The average molecular weight is 422 g/mol. The summed E-state index contributed by atoms with van der Waals surface area (Å²) in [5, 5.41) is 11.0. The normalized spacial score (nSPS) is 13.2. The fourth-order valence-corrected chi connectivity index (χ4v) is 2.10. The second-order valence-corrected chi connectivity index (χ2v) is 5.99. The van der Waals surface area contributed by atoms with E-state index in [1.54, 1.807) is 7.05 Å². The van der Waals surface area contributed by atoms with Crippen LogP contribution in [0.1, 0.15) is 31.9 Å². The number of halogens is 1. The van der Waals surface area contributed by atoms with Gasteiger partial charge >= 0.3 is 0 Å². The molecule has 1 rings (SSSR count). The van der Waals surface area contributed by atoms with E-state index in [0.717, 1.165) is 25.5 Å². The van der Waals surface area contributed by atoms with Crippen LogP contribution < -0.4 is 10.6 Å². The summed E-state index contributed by atoms with van der Waals surface area (Å²) in [6, 6.07) is 0.266. The molecule has 7 heteroatoms. The van der Waals surface area contributed by atoms with Crippen molar-refractivity contribution in [3.05, 3.63) is 18.0 Å². The van der Waals surface area contributed by atoms with E-state index in [1.165, 1.54) is 5.56 Å². The van der Waals surface area contributed by atoms with Crippen molar-refractivity contribution in [2.75, 3.05) is 34.2 Å². The predicted molar refractivity (Wildman–Crippen MR) is 104 cm³/mol. The van der Waals surface area contributed by atoms with Crippen LogP contribution in [-0.2, 0) is 7.05 Å². The highest BCUT2D eigenvalue weighted by Crippen LogP contribution is 2.15. The van der Waals surface area contributed by atoms with E-state index in [-0.39, 0.29) is 30.0 Å². The van der Waals surface area contributed by atoms with E-state index in [9.17, 15) is 0 Å². The number of nitrogens with one attached hydrogen (secondary N) is 2. The third-order valence-electron chi connectivity index (χ3n) is 3.43. The number of hydrogen-bond acceptors (Lipinski definition) is 3. The number of aryl methyl sites for hydroxylation is 1. The first-order chi connectivity index (χ1) is 9.93. The lowest BCUT2D eigenvalue weighted by atomic mass is 10.1. The number of hydrogen-bond donors (Lipinski definition) is 2.